The van der Waals surface area contributed by atoms with Crippen LogP contribution in [0.1, 0.15) is 19.8 Å². The van der Waals surface area contributed by atoms with E-state index < -0.39 is 11.8 Å². The Morgan fingerprint density at radius 3 is 2.50 bits per heavy atom. The van der Waals surface area contributed by atoms with Gasteiger partial charge in [-0.1, -0.05) is 6.92 Å². The number of Topliss-reactive ketones (excluding diaryl/α,β-unsaturated/α-hetero) is 1. The van der Waals surface area contributed by atoms with E-state index in [-0.39, 0.29) is 13.0 Å². The number of carbonyl (C=O) groups excluding carboxylic acids is 2. The van der Waals surface area contributed by atoms with Gasteiger partial charge in [-0.25, -0.2) is 4.79 Å². The maximum Gasteiger partial charge on any atom is 0.374 e. The Morgan fingerprint density at radius 1 is 1.50 bits per heavy atom. The molecule has 57 valence electrons. The molecule has 0 rings (SSSR count). The molecule has 0 aliphatic heterocycles. The number of hydrogen-bond acceptors (Lipinski definition) is 3. The Balaban J connectivity index is 3.52. The molecule has 0 spiro atoms. The average molecular weight is 143 g/mol. The van der Waals surface area contributed by atoms with Crippen molar-refractivity contribution < 1.29 is 14.3 Å². The van der Waals surface area contributed by atoms with Gasteiger partial charge in [0.05, 0.1) is 6.61 Å². The monoisotopic (exact) mass is 143 g/mol. The highest BCUT2D eigenvalue weighted by Crippen LogP contribution is 1.87. The van der Waals surface area contributed by atoms with Crippen molar-refractivity contribution in [3.63, 3.8) is 0 Å². The summed E-state index contributed by atoms with van der Waals surface area (Å²) >= 11 is 0. The molecule has 10 heavy (non-hydrogen) atoms. The highest BCUT2D eigenvalue weighted by molar-refractivity contribution is 6.33. The predicted molar refractivity (Wildman–Crippen MR) is 36.2 cm³/mol. The molecule has 3 nitrogen and oxygen atoms in total. The van der Waals surface area contributed by atoms with Gasteiger partial charge in [0.15, 0.2) is 0 Å². The molecular formula is C7H11O3. The van der Waals surface area contributed by atoms with Crippen molar-refractivity contribution in [1.82, 2.24) is 0 Å². The summed E-state index contributed by atoms with van der Waals surface area (Å²) in [5.74, 6) is -1.22. The summed E-state index contributed by atoms with van der Waals surface area (Å²) in [5.41, 5.74) is 0. The second-order valence-electron chi connectivity index (χ2n) is 1.77. The normalized spacial score (nSPS) is 9.00. The smallest absolute Gasteiger partial charge is 0.374 e. The van der Waals surface area contributed by atoms with Crippen LogP contribution in [0.4, 0.5) is 0 Å². The van der Waals surface area contributed by atoms with Gasteiger partial charge in [0, 0.05) is 6.42 Å². The van der Waals surface area contributed by atoms with Crippen molar-refractivity contribution in [2.75, 3.05) is 6.61 Å². The summed E-state index contributed by atoms with van der Waals surface area (Å²) in [5, 5.41) is 0. The molecule has 0 aliphatic rings. The van der Waals surface area contributed by atoms with Crippen LogP contribution in [0.2, 0.25) is 0 Å². The first-order chi connectivity index (χ1) is 4.72. The van der Waals surface area contributed by atoms with Gasteiger partial charge < -0.3 is 4.74 Å². The van der Waals surface area contributed by atoms with Gasteiger partial charge in [0.25, 0.3) is 0 Å². The van der Waals surface area contributed by atoms with Gasteiger partial charge in [-0.3, -0.25) is 4.79 Å². The molecule has 0 atom stereocenters. The van der Waals surface area contributed by atoms with E-state index in [0.29, 0.717) is 6.42 Å². The van der Waals surface area contributed by atoms with E-state index in [1.165, 1.54) is 0 Å². The third kappa shape index (κ3) is 3.22. The van der Waals surface area contributed by atoms with Gasteiger partial charge in [-0.15, -0.1) is 0 Å². The third-order valence-electron chi connectivity index (χ3n) is 0.926. The Hall–Kier alpha value is -0.860. The number of carbonyl (C=O) groups is 2. The Labute approximate surface area is 60.4 Å². The fourth-order valence-corrected chi connectivity index (χ4v) is 0.390. The summed E-state index contributed by atoms with van der Waals surface area (Å²) in [6, 6.07) is 0. The maximum absolute atomic E-state index is 10.5. The molecule has 0 unspecified atom stereocenters. The maximum atomic E-state index is 10.5. The lowest BCUT2D eigenvalue weighted by atomic mass is 10.3. The average Bonchev–Trinajstić information content (AvgIpc) is 1.98. The summed E-state index contributed by atoms with van der Waals surface area (Å²) in [6.45, 7) is 5.30. The zero-order chi connectivity index (χ0) is 7.98. The van der Waals surface area contributed by atoms with Crippen LogP contribution >= 0.6 is 0 Å². The molecule has 0 amide bonds. The Kier molecular flexibility index (Phi) is 4.54. The molecule has 0 bridgehead atoms. The SMILES string of the molecule is [CH2]CCOC(=O)C(=O)CC. The lowest BCUT2D eigenvalue weighted by Gasteiger charge is -1.98. The van der Waals surface area contributed by atoms with E-state index in [2.05, 4.69) is 11.7 Å². The molecular weight excluding hydrogens is 132 g/mol. The number of ketones is 1. The van der Waals surface area contributed by atoms with Gasteiger partial charge in [0.2, 0.25) is 5.78 Å². The molecule has 0 N–H and O–H groups in total. The van der Waals surface area contributed by atoms with E-state index in [9.17, 15) is 9.59 Å². The fourth-order valence-electron chi connectivity index (χ4n) is 0.390. The first kappa shape index (κ1) is 9.14. The summed E-state index contributed by atoms with van der Waals surface area (Å²) in [4.78, 5) is 21.1. The highest BCUT2D eigenvalue weighted by Gasteiger charge is 2.10. The van der Waals surface area contributed by atoms with Crippen LogP contribution in [0.15, 0.2) is 0 Å². The minimum Gasteiger partial charge on any atom is -0.460 e. The number of esters is 1. The van der Waals surface area contributed by atoms with E-state index in [0.717, 1.165) is 0 Å². The zero-order valence-corrected chi connectivity index (χ0v) is 6.05. The van der Waals surface area contributed by atoms with Crippen molar-refractivity contribution in [2.24, 2.45) is 0 Å². The zero-order valence-electron chi connectivity index (χ0n) is 6.05. The molecule has 0 fully saturated rings. The summed E-state index contributed by atoms with van der Waals surface area (Å²) in [7, 11) is 0. The Morgan fingerprint density at radius 2 is 2.10 bits per heavy atom. The lowest BCUT2D eigenvalue weighted by Crippen LogP contribution is -2.16. The van der Waals surface area contributed by atoms with Crippen LogP contribution in [0.25, 0.3) is 0 Å². The van der Waals surface area contributed by atoms with Crippen molar-refractivity contribution in [2.45, 2.75) is 19.8 Å². The number of ether oxygens (including phenoxy) is 1. The number of rotatable bonds is 4. The second-order valence-corrected chi connectivity index (χ2v) is 1.77. The lowest BCUT2D eigenvalue weighted by molar-refractivity contribution is -0.153. The van der Waals surface area contributed by atoms with E-state index in [1.54, 1.807) is 6.92 Å². The Bertz CT molecular complexity index is 129. The minimum absolute atomic E-state index is 0.204. The van der Waals surface area contributed by atoms with Gasteiger partial charge in [-0.2, -0.15) is 0 Å². The van der Waals surface area contributed by atoms with E-state index >= 15 is 0 Å². The van der Waals surface area contributed by atoms with Crippen LogP contribution in [-0.4, -0.2) is 18.4 Å². The molecule has 3 heteroatoms. The first-order valence-corrected chi connectivity index (χ1v) is 3.21. The molecule has 0 heterocycles. The van der Waals surface area contributed by atoms with Gasteiger partial charge >= 0.3 is 5.97 Å². The van der Waals surface area contributed by atoms with Crippen molar-refractivity contribution >= 4 is 11.8 Å². The molecule has 0 saturated carbocycles. The first-order valence-electron chi connectivity index (χ1n) is 3.21. The largest absolute Gasteiger partial charge is 0.460 e. The highest BCUT2D eigenvalue weighted by atomic mass is 16.5. The fraction of sp³-hybridized carbons (Fsp3) is 0.571. The van der Waals surface area contributed by atoms with E-state index in [4.69, 9.17) is 0 Å². The van der Waals surface area contributed by atoms with Crippen LogP contribution in [-0.2, 0) is 14.3 Å². The van der Waals surface area contributed by atoms with Crippen molar-refractivity contribution in [3.8, 4) is 0 Å². The van der Waals surface area contributed by atoms with Gasteiger partial charge in [-0.05, 0) is 13.3 Å². The van der Waals surface area contributed by atoms with Crippen LogP contribution < -0.4 is 0 Å². The predicted octanol–water partition coefficient (Wildman–Crippen LogP) is 0.733. The molecule has 0 aromatic rings. The van der Waals surface area contributed by atoms with E-state index in [1.807, 2.05) is 0 Å². The van der Waals surface area contributed by atoms with Gasteiger partial charge in [0.1, 0.15) is 0 Å². The molecule has 0 aromatic heterocycles. The summed E-state index contributed by atoms with van der Waals surface area (Å²) < 4.78 is 4.49. The molecule has 1 radical (unpaired) electrons. The van der Waals surface area contributed by atoms with Crippen molar-refractivity contribution in [1.29, 1.82) is 0 Å². The standard InChI is InChI=1S/C7H11O3/c1-3-5-10-7(9)6(8)4-2/h1,3-5H2,2H3. The molecule has 0 saturated heterocycles. The minimum atomic E-state index is -0.744. The van der Waals surface area contributed by atoms with Crippen LogP contribution in [0, 0.1) is 6.92 Å². The number of hydrogen-bond donors (Lipinski definition) is 0. The molecule has 0 aliphatic carbocycles. The van der Waals surface area contributed by atoms with Crippen molar-refractivity contribution in [3.05, 3.63) is 6.92 Å². The summed E-state index contributed by atoms with van der Waals surface area (Å²) in [6.07, 6.45) is 0.707. The quantitative estimate of drug-likeness (QED) is 0.430. The van der Waals surface area contributed by atoms with Crippen LogP contribution in [0.3, 0.4) is 0 Å². The van der Waals surface area contributed by atoms with Crippen LogP contribution in [0.5, 0.6) is 0 Å². The molecule has 0 aromatic carbocycles. The topological polar surface area (TPSA) is 43.4 Å². The third-order valence-corrected chi connectivity index (χ3v) is 0.926. The second kappa shape index (κ2) is 4.97.